The Morgan fingerprint density at radius 3 is 2.50 bits per heavy atom. The first-order valence-electron chi connectivity index (χ1n) is 12.5. The maximum atomic E-state index is 12.4. The summed E-state index contributed by atoms with van der Waals surface area (Å²) in [7, 11) is 1.65. The third-order valence-electron chi connectivity index (χ3n) is 8.53. The van der Waals surface area contributed by atoms with Crippen LogP contribution in [0.4, 0.5) is 0 Å². The second-order valence-electron chi connectivity index (χ2n) is 10.2. The van der Waals surface area contributed by atoms with Crippen LogP contribution in [0.15, 0.2) is 71.5 Å². The van der Waals surface area contributed by atoms with Gasteiger partial charge in [0, 0.05) is 35.9 Å². The van der Waals surface area contributed by atoms with Gasteiger partial charge >= 0.3 is 0 Å². The molecule has 1 N–H and O–H groups in total. The third-order valence-corrected chi connectivity index (χ3v) is 9.05. The van der Waals surface area contributed by atoms with E-state index >= 15 is 0 Å². The standard InChI is InChI=1S/C29H31BrN2O4/c1-28-26-23(34-2)16-31-17-24(26)36-29(28,20-8-10-21(30)11-9-20)25(19-6-4-3-5-7-19)22(27(28)33)18-32-12-14-35-15-13-32/h3-11,16-17,22,25,27,33H,12-15,18H2,1-2H3/t22-,25-,27-,28-,29+/m1/s1. The number of aromatic nitrogens is 1. The lowest BCUT2D eigenvalue weighted by Crippen LogP contribution is -2.50. The van der Waals surface area contributed by atoms with Gasteiger partial charge in [-0.25, -0.2) is 0 Å². The molecule has 3 heterocycles. The fraction of sp³-hybridized carbons (Fsp3) is 0.414. The number of benzene rings is 2. The van der Waals surface area contributed by atoms with Crippen LogP contribution in [0.5, 0.6) is 11.5 Å². The van der Waals surface area contributed by atoms with Crippen LogP contribution in [0.25, 0.3) is 0 Å². The van der Waals surface area contributed by atoms with E-state index in [9.17, 15) is 5.11 Å². The highest BCUT2D eigenvalue weighted by Gasteiger charge is 2.74. The van der Waals surface area contributed by atoms with Crippen LogP contribution in [0.1, 0.15) is 29.5 Å². The highest BCUT2D eigenvalue weighted by molar-refractivity contribution is 9.10. The Hall–Kier alpha value is -2.45. The van der Waals surface area contributed by atoms with Crippen molar-refractivity contribution in [3.05, 3.63) is 88.2 Å². The molecule has 1 aliphatic carbocycles. The zero-order valence-electron chi connectivity index (χ0n) is 20.6. The highest BCUT2D eigenvalue weighted by atomic mass is 79.9. The molecule has 7 heteroatoms. The number of ether oxygens (including phenoxy) is 3. The number of halogens is 1. The molecule has 6 rings (SSSR count). The van der Waals surface area contributed by atoms with Gasteiger partial charge in [0.15, 0.2) is 5.60 Å². The van der Waals surface area contributed by atoms with E-state index in [1.807, 2.05) is 6.07 Å². The average Bonchev–Trinajstić information content (AvgIpc) is 3.28. The van der Waals surface area contributed by atoms with Crippen LogP contribution >= 0.6 is 15.9 Å². The first-order chi connectivity index (χ1) is 17.5. The summed E-state index contributed by atoms with van der Waals surface area (Å²) < 4.78 is 19.5. The van der Waals surface area contributed by atoms with E-state index in [0.29, 0.717) is 24.7 Å². The van der Waals surface area contributed by atoms with Gasteiger partial charge in [-0.05, 0) is 30.2 Å². The molecule has 188 valence electrons. The molecule has 5 atom stereocenters. The highest BCUT2D eigenvalue weighted by Crippen LogP contribution is 2.70. The van der Waals surface area contributed by atoms with Crippen molar-refractivity contribution in [2.45, 2.75) is 30.0 Å². The van der Waals surface area contributed by atoms with Gasteiger partial charge in [0.05, 0.1) is 49.8 Å². The van der Waals surface area contributed by atoms with E-state index in [1.165, 1.54) is 0 Å². The van der Waals surface area contributed by atoms with Crippen molar-refractivity contribution in [1.29, 1.82) is 0 Å². The Bertz CT molecular complexity index is 1230. The molecule has 3 aromatic rings. The fourth-order valence-electron chi connectivity index (χ4n) is 6.96. The van der Waals surface area contributed by atoms with Crippen LogP contribution in [0.2, 0.25) is 0 Å². The van der Waals surface area contributed by atoms with Crippen LogP contribution in [0, 0.1) is 5.92 Å². The number of pyridine rings is 1. The summed E-state index contributed by atoms with van der Waals surface area (Å²) in [6, 6.07) is 18.9. The van der Waals surface area contributed by atoms with E-state index in [-0.39, 0.29) is 11.8 Å². The Kier molecular flexibility index (Phi) is 6.07. The van der Waals surface area contributed by atoms with Gasteiger partial charge in [0.1, 0.15) is 11.5 Å². The molecule has 0 spiro atoms. The van der Waals surface area contributed by atoms with Gasteiger partial charge in [0.2, 0.25) is 0 Å². The summed E-state index contributed by atoms with van der Waals surface area (Å²) in [6.45, 7) is 6.04. The van der Waals surface area contributed by atoms with Crippen molar-refractivity contribution >= 4 is 15.9 Å². The van der Waals surface area contributed by atoms with Crippen LogP contribution < -0.4 is 9.47 Å². The maximum absolute atomic E-state index is 12.4. The average molecular weight is 551 g/mol. The molecule has 1 aromatic heterocycles. The van der Waals surface area contributed by atoms with Gasteiger partial charge in [-0.1, -0.05) is 58.4 Å². The quantitative estimate of drug-likeness (QED) is 0.504. The maximum Gasteiger partial charge on any atom is 0.153 e. The lowest BCUT2D eigenvalue weighted by Gasteiger charge is -2.42. The number of fused-ring (bicyclic) bond motifs is 3. The lowest BCUT2D eigenvalue weighted by molar-refractivity contribution is -0.00872. The summed E-state index contributed by atoms with van der Waals surface area (Å²) in [5, 5.41) is 12.4. The SMILES string of the molecule is COc1cncc2c1[C@]1(C)[C@H](O)[C@H](CN3CCOCC3)[C@@H](c3ccccc3)[C@]1(c1ccc(Br)cc1)O2. The molecule has 1 saturated heterocycles. The molecule has 0 unspecified atom stereocenters. The topological polar surface area (TPSA) is 64.1 Å². The lowest BCUT2D eigenvalue weighted by atomic mass is 9.65. The molecule has 36 heavy (non-hydrogen) atoms. The van der Waals surface area contributed by atoms with Crippen LogP contribution in [-0.4, -0.2) is 61.1 Å². The largest absolute Gasteiger partial charge is 0.495 e. The predicted molar refractivity (Wildman–Crippen MR) is 141 cm³/mol. The molecule has 2 aliphatic heterocycles. The van der Waals surface area contributed by atoms with Crippen molar-refractivity contribution in [3.63, 3.8) is 0 Å². The molecule has 6 nitrogen and oxygen atoms in total. The van der Waals surface area contributed by atoms with E-state index < -0.39 is 17.1 Å². The smallest absolute Gasteiger partial charge is 0.153 e. The minimum atomic E-state index is -0.857. The summed E-state index contributed by atoms with van der Waals surface area (Å²) >= 11 is 3.60. The second kappa shape index (κ2) is 9.14. The van der Waals surface area contributed by atoms with Crippen LogP contribution in [-0.2, 0) is 15.8 Å². The molecule has 0 radical (unpaired) electrons. The molecule has 2 fully saturated rings. The molecule has 0 bridgehead atoms. The molecule has 2 aromatic carbocycles. The number of hydrogen-bond donors (Lipinski definition) is 1. The van der Waals surface area contributed by atoms with Crippen molar-refractivity contribution in [1.82, 2.24) is 9.88 Å². The number of morpholine rings is 1. The molecular weight excluding hydrogens is 520 g/mol. The summed E-state index contributed by atoms with van der Waals surface area (Å²) in [6.07, 6.45) is 2.80. The monoisotopic (exact) mass is 550 g/mol. The Morgan fingerprint density at radius 1 is 1.08 bits per heavy atom. The summed E-state index contributed by atoms with van der Waals surface area (Å²) in [4.78, 5) is 6.81. The number of nitrogens with zero attached hydrogens (tertiary/aromatic N) is 2. The number of methoxy groups -OCH3 is 1. The minimum Gasteiger partial charge on any atom is -0.495 e. The summed E-state index contributed by atoms with van der Waals surface area (Å²) in [5.41, 5.74) is 1.44. The van der Waals surface area contributed by atoms with E-state index in [2.05, 4.69) is 81.3 Å². The van der Waals surface area contributed by atoms with Gasteiger partial charge in [0.25, 0.3) is 0 Å². The van der Waals surface area contributed by atoms with Gasteiger partial charge in [-0.15, -0.1) is 0 Å². The second-order valence-corrected chi connectivity index (χ2v) is 11.1. The third kappa shape index (κ3) is 3.36. The zero-order valence-corrected chi connectivity index (χ0v) is 22.1. The van der Waals surface area contributed by atoms with E-state index in [1.54, 1.807) is 19.5 Å². The number of rotatable bonds is 5. The summed E-state index contributed by atoms with van der Waals surface area (Å²) in [5.74, 6) is 1.13. The van der Waals surface area contributed by atoms with Gasteiger partial charge in [-0.2, -0.15) is 0 Å². The molecular formula is C29H31BrN2O4. The number of hydrogen-bond acceptors (Lipinski definition) is 6. The molecule has 1 saturated carbocycles. The van der Waals surface area contributed by atoms with Crippen LogP contribution in [0.3, 0.4) is 0 Å². The Labute approximate surface area is 220 Å². The Morgan fingerprint density at radius 2 is 1.81 bits per heavy atom. The normalized spacial score (nSPS) is 31.5. The van der Waals surface area contributed by atoms with Crippen molar-refractivity contribution in [2.75, 3.05) is 40.0 Å². The predicted octanol–water partition coefficient (Wildman–Crippen LogP) is 4.51. The number of aliphatic hydroxyl groups excluding tert-OH is 1. The van der Waals surface area contributed by atoms with Gasteiger partial charge in [-0.3, -0.25) is 9.88 Å². The Balaban J connectivity index is 1.61. The fourth-order valence-corrected chi connectivity index (χ4v) is 7.23. The van der Waals surface area contributed by atoms with E-state index in [0.717, 1.165) is 40.8 Å². The minimum absolute atomic E-state index is 0.0785. The molecule has 0 amide bonds. The zero-order chi connectivity index (χ0) is 24.9. The first-order valence-corrected chi connectivity index (χ1v) is 13.3. The van der Waals surface area contributed by atoms with Crippen molar-refractivity contribution in [3.8, 4) is 11.5 Å². The van der Waals surface area contributed by atoms with E-state index in [4.69, 9.17) is 14.2 Å². The first kappa shape index (κ1) is 23.9. The van der Waals surface area contributed by atoms with Crippen molar-refractivity contribution in [2.24, 2.45) is 5.92 Å². The van der Waals surface area contributed by atoms with Crippen molar-refractivity contribution < 1.29 is 19.3 Å². The number of aliphatic hydroxyl groups is 1. The molecule has 3 aliphatic rings. The van der Waals surface area contributed by atoms with Gasteiger partial charge < -0.3 is 19.3 Å².